The summed E-state index contributed by atoms with van der Waals surface area (Å²) in [6.45, 7) is 4.45. The smallest absolute Gasteiger partial charge is 0.262 e. The molecule has 0 aliphatic rings. The molecule has 0 radical (unpaired) electrons. The van der Waals surface area contributed by atoms with Crippen LogP contribution in [0.5, 0.6) is 0 Å². The zero-order valence-corrected chi connectivity index (χ0v) is 13.3. The molecule has 0 unspecified atom stereocenters. The van der Waals surface area contributed by atoms with Gasteiger partial charge >= 0.3 is 0 Å². The van der Waals surface area contributed by atoms with E-state index in [0.717, 1.165) is 11.1 Å². The van der Waals surface area contributed by atoms with Crippen LogP contribution in [0.4, 0.5) is 0 Å². The minimum absolute atomic E-state index is 0.0643. The minimum atomic E-state index is -0.276. The maximum absolute atomic E-state index is 11.7. The Morgan fingerprint density at radius 2 is 2.10 bits per heavy atom. The molecular weight excluding hydrogens is 286 g/mol. The highest BCUT2D eigenvalue weighted by Gasteiger charge is 2.03. The van der Waals surface area contributed by atoms with Crippen LogP contribution in [0.25, 0.3) is 6.08 Å². The third kappa shape index (κ3) is 6.87. The highest BCUT2D eigenvalue weighted by molar-refractivity contribution is 7.80. The molecule has 1 atom stereocenters. The number of hydrogen-bond donors (Lipinski definition) is 3. The number of amides is 1. The van der Waals surface area contributed by atoms with E-state index in [1.165, 1.54) is 6.08 Å². The van der Waals surface area contributed by atoms with Crippen molar-refractivity contribution in [2.75, 3.05) is 13.7 Å². The van der Waals surface area contributed by atoms with E-state index in [2.05, 4.69) is 16.2 Å². The van der Waals surface area contributed by atoms with Crippen LogP contribution in [0.3, 0.4) is 0 Å². The van der Waals surface area contributed by atoms with E-state index in [1.807, 2.05) is 38.1 Å². The SMILES string of the molecule is COC[C@@H](C)NC(=S)NNC(=O)/C=C/c1ccccc1C. The van der Waals surface area contributed by atoms with Crippen molar-refractivity contribution >= 4 is 29.3 Å². The Morgan fingerprint density at radius 3 is 2.76 bits per heavy atom. The van der Waals surface area contributed by atoms with Crippen LogP contribution in [0, 0.1) is 6.92 Å². The number of hydrazine groups is 1. The number of rotatable bonds is 5. The molecule has 1 aromatic rings. The monoisotopic (exact) mass is 307 g/mol. The maximum atomic E-state index is 11.7. The first kappa shape index (κ1) is 17.1. The topological polar surface area (TPSA) is 62.4 Å². The van der Waals surface area contributed by atoms with Crippen LogP contribution in [-0.2, 0) is 9.53 Å². The molecular formula is C15H21N3O2S. The van der Waals surface area contributed by atoms with E-state index in [0.29, 0.717) is 11.7 Å². The third-order valence-corrected chi connectivity index (χ3v) is 2.92. The van der Waals surface area contributed by atoms with E-state index in [1.54, 1.807) is 13.2 Å². The number of carbonyl (C=O) groups is 1. The number of benzene rings is 1. The van der Waals surface area contributed by atoms with Crippen LogP contribution in [0.2, 0.25) is 0 Å². The lowest BCUT2D eigenvalue weighted by molar-refractivity contribution is -0.116. The quantitative estimate of drug-likeness (QED) is 0.437. The molecule has 0 aromatic heterocycles. The average molecular weight is 307 g/mol. The van der Waals surface area contributed by atoms with Gasteiger partial charge in [-0.1, -0.05) is 24.3 Å². The number of carbonyl (C=O) groups excluding carboxylic acids is 1. The Balaban J connectivity index is 2.37. The van der Waals surface area contributed by atoms with Crippen molar-refractivity contribution in [2.45, 2.75) is 19.9 Å². The fraction of sp³-hybridized carbons (Fsp3) is 0.333. The Morgan fingerprint density at radius 1 is 1.38 bits per heavy atom. The summed E-state index contributed by atoms with van der Waals surface area (Å²) < 4.78 is 4.98. The van der Waals surface area contributed by atoms with Crippen molar-refractivity contribution in [3.05, 3.63) is 41.5 Å². The van der Waals surface area contributed by atoms with Gasteiger partial charge in [-0.05, 0) is 43.3 Å². The summed E-state index contributed by atoms with van der Waals surface area (Å²) in [5.74, 6) is -0.276. The molecule has 5 nitrogen and oxygen atoms in total. The Bertz CT molecular complexity index is 517. The van der Waals surface area contributed by atoms with Crippen molar-refractivity contribution < 1.29 is 9.53 Å². The first-order valence-corrected chi connectivity index (χ1v) is 7.03. The number of nitrogens with one attached hydrogen (secondary N) is 3. The van der Waals surface area contributed by atoms with Gasteiger partial charge in [0.25, 0.3) is 5.91 Å². The summed E-state index contributed by atoms with van der Waals surface area (Å²) >= 11 is 5.04. The van der Waals surface area contributed by atoms with E-state index in [9.17, 15) is 4.79 Å². The van der Waals surface area contributed by atoms with Gasteiger partial charge in [0, 0.05) is 19.2 Å². The van der Waals surface area contributed by atoms with Gasteiger partial charge in [-0.3, -0.25) is 15.6 Å². The Hall–Kier alpha value is -1.92. The lowest BCUT2D eigenvalue weighted by Gasteiger charge is -2.15. The second kappa shape index (κ2) is 9.10. The third-order valence-electron chi connectivity index (χ3n) is 2.70. The summed E-state index contributed by atoms with van der Waals surface area (Å²) in [5, 5.41) is 3.32. The molecule has 0 fully saturated rings. The molecule has 0 spiro atoms. The summed E-state index contributed by atoms with van der Waals surface area (Å²) in [5.41, 5.74) is 7.25. The highest BCUT2D eigenvalue weighted by atomic mass is 32.1. The summed E-state index contributed by atoms with van der Waals surface area (Å²) in [6, 6.07) is 7.89. The van der Waals surface area contributed by atoms with E-state index >= 15 is 0 Å². The molecule has 1 rings (SSSR count). The molecule has 0 aliphatic carbocycles. The van der Waals surface area contributed by atoms with Gasteiger partial charge < -0.3 is 10.1 Å². The number of thiocarbonyl (C=S) groups is 1. The van der Waals surface area contributed by atoms with Gasteiger partial charge in [0.05, 0.1) is 6.61 Å². The van der Waals surface area contributed by atoms with Gasteiger partial charge in [-0.15, -0.1) is 0 Å². The Labute approximate surface area is 130 Å². The summed E-state index contributed by atoms with van der Waals surface area (Å²) in [4.78, 5) is 11.7. The van der Waals surface area contributed by atoms with Crippen LogP contribution >= 0.6 is 12.2 Å². The first-order valence-electron chi connectivity index (χ1n) is 6.62. The Kier molecular flexibility index (Phi) is 7.42. The van der Waals surface area contributed by atoms with Gasteiger partial charge in [0.2, 0.25) is 0 Å². The van der Waals surface area contributed by atoms with Crippen molar-refractivity contribution in [1.29, 1.82) is 0 Å². The second-order valence-corrected chi connectivity index (χ2v) is 5.04. The van der Waals surface area contributed by atoms with E-state index in [-0.39, 0.29) is 11.9 Å². The van der Waals surface area contributed by atoms with Crippen LogP contribution < -0.4 is 16.2 Å². The zero-order chi connectivity index (χ0) is 15.7. The fourth-order valence-electron chi connectivity index (χ4n) is 1.65. The van der Waals surface area contributed by atoms with Gasteiger partial charge in [-0.2, -0.15) is 0 Å². The molecule has 1 amide bonds. The lowest BCUT2D eigenvalue weighted by Crippen LogP contribution is -2.49. The van der Waals surface area contributed by atoms with Crippen molar-refractivity contribution in [1.82, 2.24) is 16.2 Å². The molecule has 6 heteroatoms. The molecule has 0 heterocycles. The molecule has 21 heavy (non-hydrogen) atoms. The number of methoxy groups -OCH3 is 1. The van der Waals surface area contributed by atoms with Crippen LogP contribution in [-0.4, -0.2) is 30.8 Å². The highest BCUT2D eigenvalue weighted by Crippen LogP contribution is 2.08. The summed E-state index contributed by atoms with van der Waals surface area (Å²) in [6.07, 6.45) is 3.22. The fourth-order valence-corrected chi connectivity index (χ4v) is 1.90. The van der Waals surface area contributed by atoms with Crippen molar-refractivity contribution in [3.8, 4) is 0 Å². The molecule has 0 bridgehead atoms. The van der Waals surface area contributed by atoms with Crippen molar-refractivity contribution in [3.63, 3.8) is 0 Å². The van der Waals surface area contributed by atoms with Gasteiger partial charge in [-0.25, -0.2) is 0 Å². The molecule has 0 saturated heterocycles. The standard InChI is InChI=1S/C15H21N3O2S/c1-11-6-4-5-7-13(11)8-9-14(19)17-18-15(21)16-12(2)10-20-3/h4-9,12H,10H2,1-3H3,(H,17,19)(H2,16,18,21)/b9-8+/t12-/m1/s1. The number of ether oxygens (including phenoxy) is 1. The largest absolute Gasteiger partial charge is 0.383 e. The lowest BCUT2D eigenvalue weighted by atomic mass is 10.1. The van der Waals surface area contributed by atoms with Gasteiger partial charge in [0.15, 0.2) is 5.11 Å². The maximum Gasteiger partial charge on any atom is 0.262 e. The van der Waals surface area contributed by atoms with Crippen LogP contribution in [0.1, 0.15) is 18.1 Å². The van der Waals surface area contributed by atoms with Crippen molar-refractivity contribution in [2.24, 2.45) is 0 Å². The number of hydrogen-bond acceptors (Lipinski definition) is 3. The first-order chi connectivity index (χ1) is 10.0. The molecule has 114 valence electrons. The molecule has 3 N–H and O–H groups in total. The van der Waals surface area contributed by atoms with Crippen LogP contribution in [0.15, 0.2) is 30.3 Å². The predicted molar refractivity (Wildman–Crippen MR) is 88.6 cm³/mol. The molecule has 0 aliphatic heterocycles. The van der Waals surface area contributed by atoms with E-state index in [4.69, 9.17) is 17.0 Å². The summed E-state index contributed by atoms with van der Waals surface area (Å²) in [7, 11) is 1.62. The zero-order valence-electron chi connectivity index (χ0n) is 12.5. The molecule has 0 saturated carbocycles. The van der Waals surface area contributed by atoms with Gasteiger partial charge in [0.1, 0.15) is 0 Å². The normalized spacial score (nSPS) is 12.0. The average Bonchev–Trinajstić information content (AvgIpc) is 2.44. The minimum Gasteiger partial charge on any atom is -0.383 e. The second-order valence-electron chi connectivity index (χ2n) is 4.63. The van der Waals surface area contributed by atoms with E-state index < -0.39 is 0 Å². The predicted octanol–water partition coefficient (Wildman–Crippen LogP) is 1.54. The molecule has 1 aromatic carbocycles. The number of aryl methyl sites for hydroxylation is 1.